The topological polar surface area (TPSA) is 74.7 Å². The highest BCUT2D eigenvalue weighted by Gasteiger charge is 2.23. The second-order valence-corrected chi connectivity index (χ2v) is 6.05. The zero-order chi connectivity index (χ0) is 18.8. The molecule has 0 unspecified atom stereocenters. The van der Waals surface area contributed by atoms with E-state index in [0.29, 0.717) is 30.5 Å². The Bertz CT molecular complexity index is 677. The van der Waals surface area contributed by atoms with Gasteiger partial charge in [0.05, 0.1) is 0 Å². The van der Waals surface area contributed by atoms with Crippen LogP contribution in [0, 0.1) is 0 Å². The van der Waals surface area contributed by atoms with Crippen LogP contribution in [0.1, 0.15) is 52.8 Å². The van der Waals surface area contributed by atoms with Crippen molar-refractivity contribution < 1.29 is 19.5 Å². The minimum absolute atomic E-state index is 0.148. The quantitative estimate of drug-likeness (QED) is 0.546. The number of carbonyl (C=O) groups is 3. The summed E-state index contributed by atoms with van der Waals surface area (Å²) in [4.78, 5) is 37.4. The van der Waals surface area contributed by atoms with Gasteiger partial charge in [0.25, 0.3) is 11.8 Å². The van der Waals surface area contributed by atoms with Crippen LogP contribution in [0.15, 0.2) is 60.7 Å². The molecule has 0 aliphatic rings. The maximum Gasteiger partial charge on any atom is 0.303 e. The number of rotatable bonds is 9. The molecule has 2 aromatic rings. The Morgan fingerprint density at radius 2 is 1.15 bits per heavy atom. The number of aliphatic carboxylic acids is 1. The third-order valence-electron chi connectivity index (χ3n) is 4.05. The molecule has 0 saturated heterocycles. The third-order valence-corrected chi connectivity index (χ3v) is 4.05. The predicted octanol–water partition coefficient (Wildman–Crippen LogP) is 4.00. The van der Waals surface area contributed by atoms with Crippen LogP contribution >= 0.6 is 0 Å². The number of benzene rings is 2. The first-order valence-electron chi connectivity index (χ1n) is 8.77. The molecule has 0 atom stereocenters. The van der Waals surface area contributed by atoms with E-state index < -0.39 is 5.97 Å². The first-order chi connectivity index (χ1) is 12.6. The van der Waals surface area contributed by atoms with Gasteiger partial charge in [-0.1, -0.05) is 49.2 Å². The van der Waals surface area contributed by atoms with Crippen molar-refractivity contribution in [3.8, 4) is 0 Å². The number of unbranched alkanes of at least 4 members (excludes halogenated alkanes) is 3. The zero-order valence-corrected chi connectivity index (χ0v) is 14.6. The van der Waals surface area contributed by atoms with Gasteiger partial charge in [-0.05, 0) is 37.1 Å². The van der Waals surface area contributed by atoms with Crippen LogP contribution in [0.3, 0.4) is 0 Å². The molecule has 0 aromatic heterocycles. The monoisotopic (exact) mass is 353 g/mol. The van der Waals surface area contributed by atoms with E-state index in [1.807, 2.05) is 12.1 Å². The zero-order valence-electron chi connectivity index (χ0n) is 14.6. The number of hydrogen-bond acceptors (Lipinski definition) is 3. The van der Waals surface area contributed by atoms with Gasteiger partial charge in [-0.2, -0.15) is 0 Å². The SMILES string of the molecule is O=C(O)CCCCCCN(C(=O)c1ccccc1)C(=O)c1ccccc1. The first kappa shape index (κ1) is 19.4. The highest BCUT2D eigenvalue weighted by molar-refractivity contribution is 6.10. The summed E-state index contributed by atoms with van der Waals surface area (Å²) in [5, 5.41) is 8.66. The molecule has 0 aliphatic heterocycles. The van der Waals surface area contributed by atoms with Crippen LogP contribution in [0.5, 0.6) is 0 Å². The van der Waals surface area contributed by atoms with Gasteiger partial charge in [-0.15, -0.1) is 0 Å². The fourth-order valence-corrected chi connectivity index (χ4v) is 2.67. The maximum absolute atomic E-state index is 12.8. The minimum atomic E-state index is -0.801. The molecule has 2 rings (SSSR count). The molecule has 2 aromatic carbocycles. The van der Waals surface area contributed by atoms with Crippen molar-refractivity contribution in [2.45, 2.75) is 32.1 Å². The fraction of sp³-hybridized carbons (Fsp3) is 0.286. The highest BCUT2D eigenvalue weighted by Crippen LogP contribution is 2.13. The van der Waals surface area contributed by atoms with Crippen molar-refractivity contribution in [2.75, 3.05) is 6.54 Å². The van der Waals surface area contributed by atoms with Crippen LogP contribution in [0.2, 0.25) is 0 Å². The number of carboxylic acids is 1. The Morgan fingerprint density at radius 3 is 1.62 bits per heavy atom. The molecule has 5 nitrogen and oxygen atoms in total. The van der Waals surface area contributed by atoms with Crippen LogP contribution in [-0.4, -0.2) is 34.3 Å². The lowest BCUT2D eigenvalue weighted by Crippen LogP contribution is -2.37. The average Bonchev–Trinajstić information content (AvgIpc) is 2.67. The van der Waals surface area contributed by atoms with Crippen LogP contribution < -0.4 is 0 Å². The van der Waals surface area contributed by atoms with Crippen molar-refractivity contribution >= 4 is 17.8 Å². The molecule has 0 saturated carbocycles. The molecule has 26 heavy (non-hydrogen) atoms. The van der Waals surface area contributed by atoms with E-state index in [2.05, 4.69) is 0 Å². The van der Waals surface area contributed by atoms with Crippen molar-refractivity contribution in [2.24, 2.45) is 0 Å². The summed E-state index contributed by atoms with van der Waals surface area (Å²) >= 11 is 0. The molecule has 0 bridgehead atoms. The standard InChI is InChI=1S/C21H23NO4/c23-19(24)15-9-1-2-10-16-22(20(25)17-11-5-3-6-12-17)21(26)18-13-7-4-8-14-18/h3-8,11-14H,1-2,9-10,15-16H2,(H,23,24). The lowest BCUT2D eigenvalue weighted by Gasteiger charge is -2.21. The van der Waals surface area contributed by atoms with Crippen molar-refractivity contribution in [3.05, 3.63) is 71.8 Å². The van der Waals surface area contributed by atoms with E-state index in [9.17, 15) is 14.4 Å². The van der Waals surface area contributed by atoms with E-state index in [0.717, 1.165) is 12.8 Å². The molecule has 0 radical (unpaired) electrons. The molecule has 1 N–H and O–H groups in total. The van der Waals surface area contributed by atoms with Gasteiger partial charge in [0.1, 0.15) is 0 Å². The van der Waals surface area contributed by atoms with Gasteiger partial charge in [0.2, 0.25) is 0 Å². The van der Waals surface area contributed by atoms with E-state index in [-0.39, 0.29) is 18.2 Å². The van der Waals surface area contributed by atoms with Crippen LogP contribution in [-0.2, 0) is 4.79 Å². The average molecular weight is 353 g/mol. The number of carboxylic acid groups (broad SMARTS) is 1. The molecule has 0 fully saturated rings. The number of hydrogen-bond donors (Lipinski definition) is 1. The Balaban J connectivity index is 2.03. The van der Waals surface area contributed by atoms with Gasteiger partial charge in [-0.25, -0.2) is 0 Å². The largest absolute Gasteiger partial charge is 0.481 e. The van der Waals surface area contributed by atoms with Gasteiger partial charge in [0, 0.05) is 24.1 Å². The molecule has 0 aliphatic carbocycles. The number of nitrogens with zero attached hydrogens (tertiary/aromatic N) is 1. The van der Waals surface area contributed by atoms with E-state index >= 15 is 0 Å². The Kier molecular flexibility index (Phi) is 7.55. The Labute approximate surface area is 153 Å². The summed E-state index contributed by atoms with van der Waals surface area (Å²) in [6, 6.07) is 17.5. The molecular weight excluding hydrogens is 330 g/mol. The molecule has 136 valence electrons. The predicted molar refractivity (Wildman–Crippen MR) is 99.0 cm³/mol. The lowest BCUT2D eigenvalue weighted by atomic mass is 10.1. The Morgan fingerprint density at radius 1 is 0.692 bits per heavy atom. The molecular formula is C21H23NO4. The number of imide groups is 1. The van der Waals surface area contributed by atoms with Gasteiger partial charge >= 0.3 is 5.97 Å². The minimum Gasteiger partial charge on any atom is -0.481 e. The number of carbonyl (C=O) groups excluding carboxylic acids is 2. The van der Waals surface area contributed by atoms with E-state index in [1.54, 1.807) is 48.5 Å². The summed E-state index contributed by atoms with van der Waals surface area (Å²) in [5.74, 6) is -1.43. The van der Waals surface area contributed by atoms with Gasteiger partial charge in [-0.3, -0.25) is 19.3 Å². The van der Waals surface area contributed by atoms with Crippen LogP contribution in [0.4, 0.5) is 0 Å². The Hall–Kier alpha value is -2.95. The van der Waals surface area contributed by atoms with Gasteiger partial charge < -0.3 is 5.11 Å². The molecule has 5 heteroatoms. The molecule has 0 spiro atoms. The summed E-state index contributed by atoms with van der Waals surface area (Å²) in [6.07, 6.45) is 2.94. The third kappa shape index (κ3) is 5.84. The summed E-state index contributed by atoms with van der Waals surface area (Å²) in [5.41, 5.74) is 0.949. The summed E-state index contributed by atoms with van der Waals surface area (Å²) in [7, 11) is 0. The second-order valence-electron chi connectivity index (χ2n) is 6.05. The fourth-order valence-electron chi connectivity index (χ4n) is 2.67. The molecule has 0 heterocycles. The summed E-state index contributed by atoms with van der Waals surface area (Å²) < 4.78 is 0. The number of amides is 2. The van der Waals surface area contributed by atoms with E-state index in [4.69, 9.17) is 5.11 Å². The van der Waals surface area contributed by atoms with E-state index in [1.165, 1.54) is 4.90 Å². The van der Waals surface area contributed by atoms with Crippen molar-refractivity contribution in [1.29, 1.82) is 0 Å². The van der Waals surface area contributed by atoms with Crippen molar-refractivity contribution in [1.82, 2.24) is 4.90 Å². The van der Waals surface area contributed by atoms with Crippen molar-refractivity contribution in [3.63, 3.8) is 0 Å². The second kappa shape index (κ2) is 10.1. The molecule has 2 amide bonds. The van der Waals surface area contributed by atoms with Gasteiger partial charge in [0.15, 0.2) is 0 Å². The summed E-state index contributed by atoms with van der Waals surface area (Å²) in [6.45, 7) is 0.314. The van der Waals surface area contributed by atoms with Crippen LogP contribution in [0.25, 0.3) is 0 Å². The lowest BCUT2D eigenvalue weighted by molar-refractivity contribution is -0.137. The highest BCUT2D eigenvalue weighted by atomic mass is 16.4. The normalized spacial score (nSPS) is 10.3. The smallest absolute Gasteiger partial charge is 0.303 e. The first-order valence-corrected chi connectivity index (χ1v) is 8.77. The maximum atomic E-state index is 12.8.